The second kappa shape index (κ2) is 4.17. The molecule has 16 heavy (non-hydrogen) atoms. The Hall–Kier alpha value is -2.12. The molecule has 0 radical (unpaired) electrons. The summed E-state index contributed by atoms with van der Waals surface area (Å²) < 4.78 is 24.6. The second-order valence-electron chi connectivity index (χ2n) is 2.90. The van der Waals surface area contributed by atoms with E-state index in [0.29, 0.717) is 6.07 Å². The molecule has 0 amide bonds. The molecule has 0 atom stereocenters. The fraction of sp³-hybridized carbons (Fsp3) is 0.250. The Balaban J connectivity index is 3.51. The molecule has 1 aromatic rings. The van der Waals surface area contributed by atoms with E-state index in [2.05, 4.69) is 4.98 Å². The predicted molar refractivity (Wildman–Crippen MR) is 47.5 cm³/mol. The first-order valence-corrected chi connectivity index (χ1v) is 4.02. The van der Waals surface area contributed by atoms with E-state index in [-0.39, 0.29) is 5.56 Å². The van der Waals surface area contributed by atoms with Crippen LogP contribution in [0, 0.1) is 17.0 Å². The highest BCUT2D eigenvalue weighted by molar-refractivity contribution is 5.88. The third-order valence-electron chi connectivity index (χ3n) is 1.89. The lowest BCUT2D eigenvalue weighted by Gasteiger charge is -2.04. The van der Waals surface area contributed by atoms with Crippen LogP contribution in [0.4, 0.5) is 14.5 Å². The number of halogens is 2. The second-order valence-corrected chi connectivity index (χ2v) is 2.90. The summed E-state index contributed by atoms with van der Waals surface area (Å²) in [5, 5.41) is 19.2. The van der Waals surface area contributed by atoms with Gasteiger partial charge in [-0.05, 0) is 6.92 Å². The summed E-state index contributed by atoms with van der Waals surface area (Å²) >= 11 is 0. The lowest BCUT2D eigenvalue weighted by molar-refractivity contribution is -0.385. The Morgan fingerprint density at radius 2 is 2.19 bits per heavy atom. The number of alkyl halides is 2. The minimum atomic E-state index is -3.06. The number of hydrogen-bond donors (Lipinski definition) is 1. The molecule has 86 valence electrons. The molecule has 0 fully saturated rings. The molecule has 1 N–H and O–H groups in total. The fourth-order valence-corrected chi connectivity index (χ4v) is 1.12. The monoisotopic (exact) mass is 232 g/mol. The van der Waals surface area contributed by atoms with E-state index < -0.39 is 34.4 Å². The van der Waals surface area contributed by atoms with Gasteiger partial charge in [-0.2, -0.15) is 0 Å². The maximum atomic E-state index is 12.3. The van der Waals surface area contributed by atoms with Gasteiger partial charge in [-0.25, -0.2) is 18.6 Å². The van der Waals surface area contributed by atoms with Crippen molar-refractivity contribution < 1.29 is 23.6 Å². The molecule has 0 saturated carbocycles. The molecule has 1 rings (SSSR count). The lowest BCUT2D eigenvalue weighted by atomic mass is 10.1. The summed E-state index contributed by atoms with van der Waals surface area (Å²) in [6.45, 7) is 1.14. The zero-order valence-corrected chi connectivity index (χ0v) is 7.98. The smallest absolute Gasteiger partial charge is 0.355 e. The van der Waals surface area contributed by atoms with Gasteiger partial charge in [0.25, 0.3) is 12.1 Å². The maximum absolute atomic E-state index is 12.3. The average molecular weight is 232 g/mol. The predicted octanol–water partition coefficient (Wildman–Crippen LogP) is 1.93. The Kier molecular flexibility index (Phi) is 3.11. The summed E-state index contributed by atoms with van der Waals surface area (Å²) in [4.78, 5) is 23.4. The molecular weight excluding hydrogens is 226 g/mol. The minimum absolute atomic E-state index is 0.248. The van der Waals surface area contributed by atoms with Crippen molar-refractivity contribution in [2.75, 3.05) is 0 Å². The largest absolute Gasteiger partial charge is 0.476 e. The van der Waals surface area contributed by atoms with Crippen molar-refractivity contribution in [3.63, 3.8) is 0 Å². The molecule has 8 heteroatoms. The third kappa shape index (κ3) is 2.10. The summed E-state index contributed by atoms with van der Waals surface area (Å²) in [5.74, 6) is -1.58. The molecular formula is C8H6F2N2O4. The number of nitrogens with zero attached hydrogens (tertiary/aromatic N) is 2. The van der Waals surface area contributed by atoms with Gasteiger partial charge in [0, 0.05) is 6.07 Å². The van der Waals surface area contributed by atoms with Gasteiger partial charge in [0.1, 0.15) is 5.69 Å². The van der Waals surface area contributed by atoms with E-state index in [1.54, 1.807) is 0 Å². The number of rotatable bonds is 3. The van der Waals surface area contributed by atoms with Crippen molar-refractivity contribution in [1.29, 1.82) is 0 Å². The molecule has 0 spiro atoms. The summed E-state index contributed by atoms with van der Waals surface area (Å²) in [6, 6.07) is 0.576. The van der Waals surface area contributed by atoms with Crippen molar-refractivity contribution in [3.05, 3.63) is 33.1 Å². The normalized spacial score (nSPS) is 10.5. The SMILES string of the molecule is Cc1c([N+](=O)[O-])cc(C(F)F)nc1C(=O)O. The topological polar surface area (TPSA) is 93.3 Å². The molecule has 1 aromatic heterocycles. The van der Waals surface area contributed by atoms with Gasteiger partial charge in [-0.3, -0.25) is 10.1 Å². The van der Waals surface area contributed by atoms with Gasteiger partial charge in [-0.1, -0.05) is 0 Å². The maximum Gasteiger partial charge on any atom is 0.355 e. The van der Waals surface area contributed by atoms with E-state index in [9.17, 15) is 23.7 Å². The number of nitro groups is 1. The van der Waals surface area contributed by atoms with E-state index in [1.807, 2.05) is 0 Å². The third-order valence-corrected chi connectivity index (χ3v) is 1.89. The standard InChI is InChI=1S/C8H6F2N2O4/c1-3-5(12(15)16)2-4(7(9)10)11-6(3)8(13)14/h2,7H,1H3,(H,13,14). The quantitative estimate of drug-likeness (QED) is 0.634. The summed E-state index contributed by atoms with van der Waals surface area (Å²) in [7, 11) is 0. The Bertz CT molecular complexity index is 426. The summed E-state index contributed by atoms with van der Waals surface area (Å²) in [6.07, 6.45) is -3.06. The first-order chi connectivity index (χ1) is 7.34. The van der Waals surface area contributed by atoms with Crippen LogP contribution >= 0.6 is 0 Å². The van der Waals surface area contributed by atoms with Crippen molar-refractivity contribution >= 4 is 11.7 Å². The van der Waals surface area contributed by atoms with Gasteiger partial charge >= 0.3 is 5.97 Å². The van der Waals surface area contributed by atoms with Gasteiger partial charge in [-0.15, -0.1) is 0 Å². The molecule has 0 aliphatic rings. The van der Waals surface area contributed by atoms with Crippen molar-refractivity contribution in [2.24, 2.45) is 0 Å². The Morgan fingerprint density at radius 3 is 2.56 bits per heavy atom. The van der Waals surface area contributed by atoms with E-state index in [1.165, 1.54) is 0 Å². The Morgan fingerprint density at radius 1 is 1.62 bits per heavy atom. The number of carbonyl (C=O) groups is 1. The number of aromatic nitrogens is 1. The van der Waals surface area contributed by atoms with Crippen LogP contribution in [-0.2, 0) is 0 Å². The lowest BCUT2D eigenvalue weighted by Crippen LogP contribution is -2.09. The van der Waals surface area contributed by atoms with Crippen molar-refractivity contribution in [2.45, 2.75) is 13.3 Å². The number of hydrogen-bond acceptors (Lipinski definition) is 4. The average Bonchev–Trinajstić information content (AvgIpc) is 2.16. The van der Waals surface area contributed by atoms with Crippen LogP contribution in [0.15, 0.2) is 6.07 Å². The van der Waals surface area contributed by atoms with Crippen LogP contribution < -0.4 is 0 Å². The van der Waals surface area contributed by atoms with Gasteiger partial charge in [0.15, 0.2) is 5.69 Å². The van der Waals surface area contributed by atoms with Crippen LogP contribution in [0.1, 0.15) is 28.2 Å². The molecule has 1 heterocycles. The molecule has 6 nitrogen and oxygen atoms in total. The first kappa shape index (κ1) is 12.0. The zero-order chi connectivity index (χ0) is 12.5. The van der Waals surface area contributed by atoms with Crippen LogP contribution in [0.3, 0.4) is 0 Å². The molecule has 0 aromatic carbocycles. The number of carboxylic acid groups (broad SMARTS) is 1. The molecule has 0 saturated heterocycles. The minimum Gasteiger partial charge on any atom is -0.476 e. The molecule has 0 aliphatic heterocycles. The van der Waals surface area contributed by atoms with Crippen LogP contribution in [0.25, 0.3) is 0 Å². The van der Waals surface area contributed by atoms with E-state index >= 15 is 0 Å². The molecule has 0 unspecified atom stereocenters. The molecule has 0 aliphatic carbocycles. The highest BCUT2D eigenvalue weighted by Crippen LogP contribution is 2.26. The number of aromatic carboxylic acids is 1. The Labute approximate surface area is 87.7 Å². The van der Waals surface area contributed by atoms with Crippen LogP contribution in [0.5, 0.6) is 0 Å². The molecule has 0 bridgehead atoms. The number of pyridine rings is 1. The first-order valence-electron chi connectivity index (χ1n) is 4.02. The van der Waals surface area contributed by atoms with Gasteiger partial charge in [0.05, 0.1) is 10.5 Å². The van der Waals surface area contributed by atoms with Crippen LogP contribution in [-0.4, -0.2) is 21.0 Å². The fourth-order valence-electron chi connectivity index (χ4n) is 1.12. The zero-order valence-electron chi connectivity index (χ0n) is 7.98. The van der Waals surface area contributed by atoms with Crippen molar-refractivity contribution in [1.82, 2.24) is 4.98 Å². The van der Waals surface area contributed by atoms with Crippen molar-refractivity contribution in [3.8, 4) is 0 Å². The highest BCUT2D eigenvalue weighted by atomic mass is 19.3. The van der Waals surface area contributed by atoms with Gasteiger partial charge in [0.2, 0.25) is 0 Å². The summed E-state index contributed by atoms with van der Waals surface area (Å²) in [5.41, 5.74) is -2.58. The van der Waals surface area contributed by atoms with Crippen LogP contribution in [0.2, 0.25) is 0 Å². The van der Waals surface area contributed by atoms with E-state index in [4.69, 9.17) is 5.11 Å². The van der Waals surface area contributed by atoms with E-state index in [0.717, 1.165) is 6.92 Å². The highest BCUT2D eigenvalue weighted by Gasteiger charge is 2.24. The number of carboxylic acids is 1. The van der Waals surface area contributed by atoms with Gasteiger partial charge < -0.3 is 5.11 Å².